The minimum Gasteiger partial charge on any atom is -0.366 e. The molecule has 2 fully saturated rings. The summed E-state index contributed by atoms with van der Waals surface area (Å²) in [5.74, 6) is 0.256. The first kappa shape index (κ1) is 11.1. The van der Waals surface area contributed by atoms with E-state index in [9.17, 15) is 15.0 Å². The van der Waals surface area contributed by atoms with Gasteiger partial charge < -0.3 is 10.2 Å². The highest BCUT2D eigenvalue weighted by molar-refractivity contribution is 5.79. The van der Waals surface area contributed by atoms with Gasteiger partial charge in [-0.05, 0) is 37.5 Å². The van der Waals surface area contributed by atoms with Crippen LogP contribution in [0.2, 0.25) is 0 Å². The van der Waals surface area contributed by atoms with Crippen LogP contribution in [0, 0.1) is 11.8 Å². The number of rotatable bonds is 1. The summed E-state index contributed by atoms with van der Waals surface area (Å²) in [4.78, 5) is 11.1. The second-order valence-electron chi connectivity index (χ2n) is 5.20. The van der Waals surface area contributed by atoms with E-state index in [1.165, 1.54) is 0 Å². The molecule has 2 saturated carbocycles. The molecule has 0 spiro atoms. The fourth-order valence-corrected chi connectivity index (χ4v) is 3.01. The monoisotopic (exact) mass is 212 g/mol. The molecule has 3 heteroatoms. The Morgan fingerprint density at radius 1 is 0.933 bits per heavy atom. The summed E-state index contributed by atoms with van der Waals surface area (Å²) in [6, 6.07) is 0. The van der Waals surface area contributed by atoms with E-state index in [4.69, 9.17) is 0 Å². The molecule has 0 aromatic carbocycles. The highest BCUT2D eigenvalue weighted by Crippen LogP contribution is 2.39. The van der Waals surface area contributed by atoms with Gasteiger partial charge in [0.1, 0.15) is 5.78 Å². The van der Waals surface area contributed by atoms with Crippen molar-refractivity contribution >= 4 is 5.78 Å². The summed E-state index contributed by atoms with van der Waals surface area (Å²) in [5.41, 5.74) is 0. The molecule has 0 aliphatic heterocycles. The smallest absolute Gasteiger partial charge is 0.162 e. The highest BCUT2D eigenvalue weighted by Gasteiger charge is 2.35. The van der Waals surface area contributed by atoms with Crippen molar-refractivity contribution in [2.75, 3.05) is 0 Å². The Hall–Kier alpha value is -0.410. The van der Waals surface area contributed by atoms with Crippen LogP contribution in [0.25, 0.3) is 0 Å². The molecule has 2 aliphatic rings. The van der Waals surface area contributed by atoms with E-state index in [1.807, 2.05) is 0 Å². The third kappa shape index (κ3) is 2.79. The number of aliphatic hydroxyl groups is 2. The van der Waals surface area contributed by atoms with Gasteiger partial charge in [-0.1, -0.05) is 0 Å². The van der Waals surface area contributed by atoms with E-state index in [1.54, 1.807) is 0 Å². The number of carbonyl (C=O) groups excluding carboxylic acids is 1. The molecule has 0 unspecified atom stereocenters. The van der Waals surface area contributed by atoms with Gasteiger partial charge in [0.15, 0.2) is 5.79 Å². The summed E-state index contributed by atoms with van der Waals surface area (Å²) >= 11 is 0. The fraction of sp³-hybridized carbons (Fsp3) is 0.917. The summed E-state index contributed by atoms with van der Waals surface area (Å²) < 4.78 is 0. The van der Waals surface area contributed by atoms with Gasteiger partial charge in [0.2, 0.25) is 0 Å². The maximum absolute atomic E-state index is 11.1. The van der Waals surface area contributed by atoms with Crippen LogP contribution in [0.1, 0.15) is 51.4 Å². The molecule has 2 N–H and O–H groups in total. The molecule has 0 saturated heterocycles. The molecule has 0 heterocycles. The molecule has 0 aromatic heterocycles. The van der Waals surface area contributed by atoms with Crippen LogP contribution in [0.3, 0.4) is 0 Å². The average Bonchev–Trinajstić information content (AvgIpc) is 2.20. The highest BCUT2D eigenvalue weighted by atomic mass is 16.5. The molecule has 0 radical (unpaired) electrons. The molecule has 2 aliphatic carbocycles. The van der Waals surface area contributed by atoms with E-state index >= 15 is 0 Å². The summed E-state index contributed by atoms with van der Waals surface area (Å²) in [5, 5.41) is 18.9. The van der Waals surface area contributed by atoms with E-state index in [2.05, 4.69) is 0 Å². The zero-order chi connectivity index (χ0) is 10.9. The predicted octanol–water partition coefficient (Wildman–Crippen LogP) is 1.62. The summed E-state index contributed by atoms with van der Waals surface area (Å²) in [7, 11) is 0. The maximum Gasteiger partial charge on any atom is 0.162 e. The van der Waals surface area contributed by atoms with Crippen LogP contribution < -0.4 is 0 Å². The second-order valence-corrected chi connectivity index (χ2v) is 5.20. The first-order valence-corrected chi connectivity index (χ1v) is 6.03. The molecule has 15 heavy (non-hydrogen) atoms. The van der Waals surface area contributed by atoms with Gasteiger partial charge in [0.05, 0.1) is 0 Å². The van der Waals surface area contributed by atoms with Gasteiger partial charge in [-0.3, -0.25) is 4.79 Å². The van der Waals surface area contributed by atoms with Crippen molar-refractivity contribution in [3.8, 4) is 0 Å². The molecular formula is C12H20O3. The first-order chi connectivity index (χ1) is 7.07. The zero-order valence-corrected chi connectivity index (χ0v) is 9.11. The van der Waals surface area contributed by atoms with Crippen LogP contribution in [-0.2, 0) is 4.79 Å². The van der Waals surface area contributed by atoms with Crippen molar-refractivity contribution in [2.24, 2.45) is 11.8 Å². The number of ketones is 1. The molecule has 3 nitrogen and oxygen atoms in total. The zero-order valence-electron chi connectivity index (χ0n) is 9.11. The van der Waals surface area contributed by atoms with Crippen LogP contribution in [0.15, 0.2) is 0 Å². The molecule has 0 bridgehead atoms. The number of Topliss-reactive ketones (excluding diaryl/α,β-unsaturated/α-hetero) is 1. The van der Waals surface area contributed by atoms with Gasteiger partial charge in [0, 0.05) is 25.7 Å². The number of hydrogen-bond donors (Lipinski definition) is 2. The van der Waals surface area contributed by atoms with Crippen molar-refractivity contribution in [1.82, 2.24) is 0 Å². The molecule has 0 aromatic rings. The van der Waals surface area contributed by atoms with Crippen molar-refractivity contribution < 1.29 is 15.0 Å². The lowest BCUT2D eigenvalue weighted by Crippen LogP contribution is -2.36. The van der Waals surface area contributed by atoms with Gasteiger partial charge in [-0.25, -0.2) is 0 Å². The minimum absolute atomic E-state index is 0.403. The quantitative estimate of drug-likeness (QED) is 0.649. The SMILES string of the molecule is O=C1CCC(C2CCC(O)(O)CC2)CC1. The van der Waals surface area contributed by atoms with Crippen LogP contribution in [-0.4, -0.2) is 21.8 Å². The largest absolute Gasteiger partial charge is 0.366 e. The lowest BCUT2D eigenvalue weighted by molar-refractivity contribution is -0.189. The topological polar surface area (TPSA) is 57.5 Å². The van der Waals surface area contributed by atoms with E-state index in [0.717, 1.165) is 38.5 Å². The molecule has 0 amide bonds. The minimum atomic E-state index is -1.42. The Labute approximate surface area is 90.5 Å². The van der Waals surface area contributed by atoms with Crippen molar-refractivity contribution in [3.63, 3.8) is 0 Å². The second kappa shape index (κ2) is 4.22. The lowest BCUT2D eigenvalue weighted by Gasteiger charge is -2.37. The van der Waals surface area contributed by atoms with Gasteiger partial charge in [-0.2, -0.15) is 0 Å². The van der Waals surface area contributed by atoms with Gasteiger partial charge >= 0.3 is 0 Å². The molecule has 86 valence electrons. The third-order valence-corrected chi connectivity index (χ3v) is 4.09. The lowest BCUT2D eigenvalue weighted by atomic mass is 9.72. The Balaban J connectivity index is 1.83. The summed E-state index contributed by atoms with van der Waals surface area (Å²) in [6.07, 6.45) is 6.35. The van der Waals surface area contributed by atoms with Gasteiger partial charge in [0.25, 0.3) is 0 Å². The van der Waals surface area contributed by atoms with Crippen LogP contribution in [0.5, 0.6) is 0 Å². The third-order valence-electron chi connectivity index (χ3n) is 4.09. The van der Waals surface area contributed by atoms with Crippen molar-refractivity contribution in [3.05, 3.63) is 0 Å². The van der Waals surface area contributed by atoms with Crippen molar-refractivity contribution in [2.45, 2.75) is 57.2 Å². The predicted molar refractivity (Wildman–Crippen MR) is 56.1 cm³/mol. The Morgan fingerprint density at radius 3 is 1.93 bits per heavy atom. The molecule has 0 atom stereocenters. The Morgan fingerprint density at radius 2 is 1.40 bits per heavy atom. The molecule has 2 rings (SSSR count). The first-order valence-electron chi connectivity index (χ1n) is 6.03. The maximum atomic E-state index is 11.1. The van der Waals surface area contributed by atoms with Gasteiger partial charge in [-0.15, -0.1) is 0 Å². The number of hydrogen-bond acceptors (Lipinski definition) is 3. The normalized spacial score (nSPS) is 29.3. The average molecular weight is 212 g/mol. The standard InChI is InChI=1S/C12H20O3/c13-11-3-1-9(2-4-11)10-5-7-12(14,15)8-6-10/h9-10,14-15H,1-8H2. The molecular weight excluding hydrogens is 192 g/mol. The number of carbonyl (C=O) groups is 1. The Kier molecular flexibility index (Phi) is 3.12. The summed E-state index contributed by atoms with van der Waals surface area (Å²) in [6.45, 7) is 0. The fourth-order valence-electron chi connectivity index (χ4n) is 3.01. The van der Waals surface area contributed by atoms with E-state index < -0.39 is 5.79 Å². The van der Waals surface area contributed by atoms with Crippen molar-refractivity contribution in [1.29, 1.82) is 0 Å². The van der Waals surface area contributed by atoms with E-state index in [0.29, 0.717) is 30.5 Å². The van der Waals surface area contributed by atoms with E-state index in [-0.39, 0.29) is 0 Å². The van der Waals surface area contributed by atoms with Crippen LogP contribution in [0.4, 0.5) is 0 Å². The van der Waals surface area contributed by atoms with Crippen LogP contribution >= 0.6 is 0 Å². The Bertz CT molecular complexity index is 227.